The van der Waals surface area contributed by atoms with Crippen molar-refractivity contribution in [1.82, 2.24) is 4.90 Å². The Morgan fingerprint density at radius 1 is 1.25 bits per heavy atom. The van der Waals surface area contributed by atoms with Crippen LogP contribution in [0.1, 0.15) is 43.4 Å². The Morgan fingerprint density at radius 3 is 2.40 bits per heavy atom. The maximum Gasteiger partial charge on any atom is 0.401 e. The summed E-state index contributed by atoms with van der Waals surface area (Å²) < 4.78 is 38.1. The van der Waals surface area contributed by atoms with Crippen molar-refractivity contribution in [3.8, 4) is 0 Å². The molecule has 1 aliphatic rings. The van der Waals surface area contributed by atoms with Gasteiger partial charge in [-0.2, -0.15) is 13.2 Å². The summed E-state index contributed by atoms with van der Waals surface area (Å²) in [4.78, 5) is 1.46. The monoisotopic (exact) mass is 286 g/mol. The predicted octanol–water partition coefficient (Wildman–Crippen LogP) is 3.45. The van der Waals surface area contributed by atoms with Crippen molar-refractivity contribution in [3.63, 3.8) is 0 Å². The first-order valence-corrected chi connectivity index (χ1v) is 6.98. The Morgan fingerprint density at radius 2 is 1.85 bits per heavy atom. The van der Waals surface area contributed by atoms with Crippen molar-refractivity contribution >= 4 is 0 Å². The lowest BCUT2D eigenvalue weighted by molar-refractivity contribution is -0.152. The summed E-state index contributed by atoms with van der Waals surface area (Å²) in [5.41, 5.74) is 8.39. The molecule has 20 heavy (non-hydrogen) atoms. The van der Waals surface area contributed by atoms with Crippen LogP contribution in [0.5, 0.6) is 0 Å². The fourth-order valence-electron chi connectivity index (χ4n) is 3.18. The zero-order valence-corrected chi connectivity index (χ0v) is 11.8. The van der Waals surface area contributed by atoms with Crippen LogP contribution in [0.25, 0.3) is 0 Å². The highest BCUT2D eigenvalue weighted by Gasteiger charge is 2.38. The molecule has 0 amide bonds. The lowest BCUT2D eigenvalue weighted by Crippen LogP contribution is -2.49. The van der Waals surface area contributed by atoms with Gasteiger partial charge >= 0.3 is 6.18 Å². The zero-order chi connectivity index (χ0) is 14.9. The van der Waals surface area contributed by atoms with Gasteiger partial charge in [-0.25, -0.2) is 0 Å². The summed E-state index contributed by atoms with van der Waals surface area (Å²) in [6.45, 7) is 3.27. The molecule has 5 heteroatoms. The maximum absolute atomic E-state index is 12.7. The molecular formula is C15H21F3N2. The highest BCUT2D eigenvalue weighted by atomic mass is 19.4. The average molecular weight is 286 g/mol. The molecular weight excluding hydrogens is 265 g/mol. The summed E-state index contributed by atoms with van der Waals surface area (Å²) >= 11 is 0. The molecule has 0 saturated heterocycles. The van der Waals surface area contributed by atoms with E-state index in [0.717, 1.165) is 5.56 Å². The quantitative estimate of drug-likeness (QED) is 0.922. The SMILES string of the molecule is CCN(CC(F)(F)F)C1CC(C)c2ccccc2C1N. The molecule has 0 heterocycles. The van der Waals surface area contributed by atoms with Gasteiger partial charge in [0.15, 0.2) is 0 Å². The molecule has 3 atom stereocenters. The largest absolute Gasteiger partial charge is 0.401 e. The number of rotatable bonds is 3. The summed E-state index contributed by atoms with van der Waals surface area (Å²) in [5.74, 6) is 0.235. The second-order valence-corrected chi connectivity index (χ2v) is 5.54. The molecule has 0 saturated carbocycles. The van der Waals surface area contributed by atoms with E-state index in [2.05, 4.69) is 6.92 Å². The number of alkyl halides is 3. The molecule has 2 rings (SSSR count). The summed E-state index contributed by atoms with van der Waals surface area (Å²) in [7, 11) is 0. The first-order valence-electron chi connectivity index (χ1n) is 6.98. The van der Waals surface area contributed by atoms with Crippen molar-refractivity contribution in [1.29, 1.82) is 0 Å². The van der Waals surface area contributed by atoms with Crippen LogP contribution in [0.4, 0.5) is 13.2 Å². The van der Waals surface area contributed by atoms with E-state index in [0.29, 0.717) is 13.0 Å². The molecule has 0 bridgehead atoms. The van der Waals surface area contributed by atoms with Crippen molar-refractivity contribution in [2.24, 2.45) is 5.73 Å². The minimum atomic E-state index is -4.18. The number of hydrogen-bond donors (Lipinski definition) is 1. The first-order chi connectivity index (χ1) is 9.33. The summed E-state index contributed by atoms with van der Waals surface area (Å²) in [5, 5.41) is 0. The molecule has 0 aromatic heterocycles. The minimum Gasteiger partial charge on any atom is -0.323 e. The fraction of sp³-hybridized carbons (Fsp3) is 0.600. The van der Waals surface area contributed by atoms with Gasteiger partial charge in [0.1, 0.15) is 0 Å². The number of halogens is 3. The Balaban J connectivity index is 2.26. The molecule has 1 aromatic rings. The van der Waals surface area contributed by atoms with Gasteiger partial charge in [-0.1, -0.05) is 38.1 Å². The Bertz CT molecular complexity index is 459. The zero-order valence-electron chi connectivity index (χ0n) is 11.8. The van der Waals surface area contributed by atoms with E-state index in [1.54, 1.807) is 6.92 Å². The van der Waals surface area contributed by atoms with Gasteiger partial charge in [0.2, 0.25) is 0 Å². The van der Waals surface area contributed by atoms with E-state index < -0.39 is 12.7 Å². The Hall–Kier alpha value is -1.07. The van der Waals surface area contributed by atoms with Gasteiger partial charge in [-0.05, 0) is 30.0 Å². The Kier molecular flexibility index (Phi) is 4.39. The highest BCUT2D eigenvalue weighted by Crippen LogP contribution is 2.39. The van der Waals surface area contributed by atoms with Gasteiger partial charge in [0.05, 0.1) is 6.54 Å². The topological polar surface area (TPSA) is 29.3 Å². The molecule has 2 nitrogen and oxygen atoms in total. The van der Waals surface area contributed by atoms with Crippen LogP contribution in [0.3, 0.4) is 0 Å². The van der Waals surface area contributed by atoms with Crippen molar-refractivity contribution in [2.75, 3.05) is 13.1 Å². The second kappa shape index (κ2) is 5.74. The number of benzene rings is 1. The predicted molar refractivity (Wildman–Crippen MR) is 73.5 cm³/mol. The van der Waals surface area contributed by atoms with E-state index in [1.165, 1.54) is 10.5 Å². The van der Waals surface area contributed by atoms with E-state index >= 15 is 0 Å². The van der Waals surface area contributed by atoms with Gasteiger partial charge in [-0.15, -0.1) is 0 Å². The van der Waals surface area contributed by atoms with Crippen LogP contribution in [-0.4, -0.2) is 30.2 Å². The maximum atomic E-state index is 12.7. The molecule has 112 valence electrons. The van der Waals surface area contributed by atoms with Gasteiger partial charge in [0.25, 0.3) is 0 Å². The molecule has 0 aliphatic heterocycles. The van der Waals surface area contributed by atoms with Crippen LogP contribution >= 0.6 is 0 Å². The Labute approximate surface area is 117 Å². The van der Waals surface area contributed by atoms with E-state index in [4.69, 9.17) is 5.73 Å². The van der Waals surface area contributed by atoms with Crippen molar-refractivity contribution in [3.05, 3.63) is 35.4 Å². The minimum absolute atomic E-state index is 0.235. The molecule has 2 N–H and O–H groups in total. The van der Waals surface area contributed by atoms with Crippen LogP contribution < -0.4 is 5.73 Å². The van der Waals surface area contributed by atoms with Crippen LogP contribution in [0.15, 0.2) is 24.3 Å². The van der Waals surface area contributed by atoms with Crippen LogP contribution in [0, 0.1) is 0 Å². The number of hydrogen-bond acceptors (Lipinski definition) is 2. The average Bonchev–Trinajstić information content (AvgIpc) is 2.39. The molecule has 0 spiro atoms. The number of likely N-dealkylation sites (N-methyl/N-ethyl adjacent to an activating group) is 1. The van der Waals surface area contributed by atoms with Gasteiger partial charge < -0.3 is 5.73 Å². The van der Waals surface area contributed by atoms with Gasteiger partial charge in [0, 0.05) is 12.1 Å². The third-order valence-corrected chi connectivity index (χ3v) is 4.15. The number of nitrogens with zero attached hydrogens (tertiary/aromatic N) is 1. The standard InChI is InChI=1S/C15H21F3N2/c1-3-20(9-15(16,17)18)13-8-10(2)11-6-4-5-7-12(11)14(13)19/h4-7,10,13-14H,3,8-9,19H2,1-2H3. The van der Waals surface area contributed by atoms with Crippen molar-refractivity contribution in [2.45, 2.75) is 44.4 Å². The number of nitrogens with two attached hydrogens (primary N) is 1. The smallest absolute Gasteiger partial charge is 0.323 e. The molecule has 3 unspecified atom stereocenters. The molecule has 1 aromatic carbocycles. The van der Waals surface area contributed by atoms with Crippen LogP contribution in [0.2, 0.25) is 0 Å². The molecule has 0 radical (unpaired) electrons. The normalized spacial score (nSPS) is 26.6. The first kappa shape index (κ1) is 15.3. The summed E-state index contributed by atoms with van der Waals surface area (Å²) in [6, 6.07) is 7.19. The molecule has 0 fully saturated rings. The third-order valence-electron chi connectivity index (χ3n) is 4.15. The van der Waals surface area contributed by atoms with E-state index in [1.807, 2.05) is 24.3 Å². The van der Waals surface area contributed by atoms with E-state index in [9.17, 15) is 13.2 Å². The van der Waals surface area contributed by atoms with E-state index in [-0.39, 0.29) is 18.0 Å². The fourth-order valence-corrected chi connectivity index (χ4v) is 3.18. The van der Waals surface area contributed by atoms with Crippen molar-refractivity contribution < 1.29 is 13.2 Å². The molecule has 1 aliphatic carbocycles. The summed E-state index contributed by atoms with van der Waals surface area (Å²) in [6.07, 6.45) is -3.52. The lowest BCUT2D eigenvalue weighted by Gasteiger charge is -2.41. The van der Waals surface area contributed by atoms with Gasteiger partial charge in [-0.3, -0.25) is 4.90 Å². The van der Waals surface area contributed by atoms with Crippen LogP contribution in [-0.2, 0) is 0 Å². The third kappa shape index (κ3) is 3.15. The second-order valence-electron chi connectivity index (χ2n) is 5.54. The highest BCUT2D eigenvalue weighted by molar-refractivity contribution is 5.36. The lowest BCUT2D eigenvalue weighted by atomic mass is 9.77. The number of fused-ring (bicyclic) bond motifs is 1.